The monoisotopic (exact) mass is 372 g/mol. The summed E-state index contributed by atoms with van der Waals surface area (Å²) in [4.78, 5) is 26.4. The van der Waals surface area contributed by atoms with Gasteiger partial charge in [-0.15, -0.1) is 0 Å². The Kier molecular flexibility index (Phi) is 5.62. The lowest BCUT2D eigenvalue weighted by Crippen LogP contribution is -2.32. The quantitative estimate of drug-likeness (QED) is 0.817. The highest BCUT2D eigenvalue weighted by Gasteiger charge is 2.24. The van der Waals surface area contributed by atoms with Crippen LogP contribution in [0.1, 0.15) is 36.5 Å². The minimum atomic E-state index is -0.113. The summed E-state index contributed by atoms with van der Waals surface area (Å²) in [5.41, 5.74) is 2.27. The summed E-state index contributed by atoms with van der Waals surface area (Å²) < 4.78 is 2.97. The summed E-state index contributed by atoms with van der Waals surface area (Å²) in [5, 5.41) is 11.5. The van der Waals surface area contributed by atoms with E-state index in [1.165, 1.54) is 4.68 Å². The highest BCUT2D eigenvalue weighted by atomic mass is 16.2. The molecule has 0 radical (unpaired) electrons. The van der Waals surface area contributed by atoms with Crippen LogP contribution in [0.15, 0.2) is 23.1 Å². The molecule has 1 saturated heterocycles. The van der Waals surface area contributed by atoms with Crippen molar-refractivity contribution in [2.75, 3.05) is 24.5 Å². The van der Waals surface area contributed by atoms with Crippen LogP contribution in [0.25, 0.3) is 0 Å². The summed E-state index contributed by atoms with van der Waals surface area (Å²) in [6, 6.07) is 3.49. The van der Waals surface area contributed by atoms with Crippen LogP contribution in [-0.4, -0.2) is 45.1 Å². The minimum absolute atomic E-state index is 0.0892. The van der Waals surface area contributed by atoms with Gasteiger partial charge in [-0.25, -0.2) is 4.68 Å². The van der Waals surface area contributed by atoms with Crippen molar-refractivity contribution < 1.29 is 4.79 Å². The summed E-state index contributed by atoms with van der Waals surface area (Å²) >= 11 is 0. The molecule has 0 aromatic carbocycles. The van der Waals surface area contributed by atoms with E-state index in [9.17, 15) is 9.59 Å². The Balaban J connectivity index is 1.55. The standard InChI is InChI=1S/C19H28N6O2/c1-13(2)7-15-8-17(23(3)22-15)19(27)20-10-14-5-6-25(12-14)16-9-18(26)24(4)21-11-16/h8-9,11,13-14H,5-7,10,12H2,1-4H3,(H,20,27). The third kappa shape index (κ3) is 4.56. The van der Waals surface area contributed by atoms with Gasteiger partial charge in [0.05, 0.1) is 17.6 Å². The molecule has 0 bridgehead atoms. The number of amides is 1. The fourth-order valence-corrected chi connectivity index (χ4v) is 3.45. The van der Waals surface area contributed by atoms with E-state index in [2.05, 4.69) is 34.3 Å². The highest BCUT2D eigenvalue weighted by Crippen LogP contribution is 2.21. The molecule has 0 aliphatic carbocycles. The van der Waals surface area contributed by atoms with Crippen molar-refractivity contribution in [1.82, 2.24) is 24.9 Å². The van der Waals surface area contributed by atoms with Crippen LogP contribution in [0, 0.1) is 11.8 Å². The zero-order valence-electron chi connectivity index (χ0n) is 16.5. The average Bonchev–Trinajstić information content (AvgIpc) is 3.21. The maximum absolute atomic E-state index is 12.5. The van der Waals surface area contributed by atoms with Gasteiger partial charge in [-0.3, -0.25) is 14.3 Å². The van der Waals surface area contributed by atoms with Crippen LogP contribution in [0.5, 0.6) is 0 Å². The Bertz CT molecular complexity index is 869. The number of hydrogen-bond acceptors (Lipinski definition) is 5. The fourth-order valence-electron chi connectivity index (χ4n) is 3.45. The first-order chi connectivity index (χ1) is 12.8. The SMILES string of the molecule is CC(C)Cc1cc(C(=O)NCC2CCN(c3cnn(C)c(=O)c3)C2)n(C)n1. The molecule has 0 saturated carbocycles. The number of anilines is 1. The zero-order chi connectivity index (χ0) is 19.6. The molecule has 8 heteroatoms. The molecule has 0 spiro atoms. The van der Waals surface area contributed by atoms with Gasteiger partial charge in [-0.2, -0.15) is 10.2 Å². The van der Waals surface area contributed by atoms with Crippen molar-refractivity contribution in [2.24, 2.45) is 25.9 Å². The average molecular weight is 372 g/mol. The molecule has 3 heterocycles. The first-order valence-corrected chi connectivity index (χ1v) is 9.43. The summed E-state index contributed by atoms with van der Waals surface area (Å²) in [7, 11) is 3.44. The number of nitrogens with one attached hydrogen (secondary N) is 1. The van der Waals surface area contributed by atoms with Gasteiger partial charge in [0.25, 0.3) is 11.5 Å². The largest absolute Gasteiger partial charge is 0.370 e. The molecular weight excluding hydrogens is 344 g/mol. The third-order valence-corrected chi connectivity index (χ3v) is 4.94. The van der Waals surface area contributed by atoms with E-state index in [0.717, 1.165) is 37.3 Å². The second-order valence-corrected chi connectivity index (χ2v) is 7.73. The Morgan fingerprint density at radius 1 is 1.30 bits per heavy atom. The van der Waals surface area contributed by atoms with Crippen molar-refractivity contribution in [3.05, 3.63) is 40.1 Å². The third-order valence-electron chi connectivity index (χ3n) is 4.94. The molecule has 1 atom stereocenters. The molecule has 1 aliphatic rings. The van der Waals surface area contributed by atoms with Crippen LogP contribution in [0.4, 0.5) is 5.69 Å². The Morgan fingerprint density at radius 2 is 2.07 bits per heavy atom. The van der Waals surface area contributed by atoms with Crippen molar-refractivity contribution in [1.29, 1.82) is 0 Å². The van der Waals surface area contributed by atoms with Crippen molar-refractivity contribution in [2.45, 2.75) is 26.7 Å². The van der Waals surface area contributed by atoms with Gasteiger partial charge in [0.15, 0.2) is 0 Å². The number of aryl methyl sites for hydroxylation is 2. The second-order valence-electron chi connectivity index (χ2n) is 7.73. The van der Waals surface area contributed by atoms with E-state index in [4.69, 9.17) is 0 Å². The number of aromatic nitrogens is 4. The lowest BCUT2D eigenvalue weighted by atomic mass is 10.1. The molecule has 1 aliphatic heterocycles. The van der Waals surface area contributed by atoms with Crippen LogP contribution in [0.2, 0.25) is 0 Å². The summed E-state index contributed by atoms with van der Waals surface area (Å²) in [6.45, 7) is 6.55. The van der Waals surface area contributed by atoms with Crippen LogP contribution in [-0.2, 0) is 20.5 Å². The number of carbonyl (C=O) groups is 1. The van der Waals surface area contributed by atoms with Crippen LogP contribution >= 0.6 is 0 Å². The molecule has 1 fully saturated rings. The van der Waals surface area contributed by atoms with Gasteiger partial charge >= 0.3 is 0 Å². The van der Waals surface area contributed by atoms with Crippen LogP contribution < -0.4 is 15.8 Å². The number of carbonyl (C=O) groups excluding carboxylic acids is 1. The van der Waals surface area contributed by atoms with E-state index < -0.39 is 0 Å². The molecular formula is C19H28N6O2. The van der Waals surface area contributed by atoms with Crippen LogP contribution in [0.3, 0.4) is 0 Å². The second kappa shape index (κ2) is 7.94. The molecule has 3 rings (SSSR count). The first kappa shape index (κ1) is 19.1. The maximum atomic E-state index is 12.5. The van der Waals surface area contributed by atoms with Gasteiger partial charge in [-0.05, 0) is 30.7 Å². The van der Waals surface area contributed by atoms with E-state index >= 15 is 0 Å². The van der Waals surface area contributed by atoms with Crippen molar-refractivity contribution in [3.8, 4) is 0 Å². The lowest BCUT2D eigenvalue weighted by Gasteiger charge is -2.18. The molecule has 1 unspecified atom stereocenters. The molecule has 146 valence electrons. The minimum Gasteiger partial charge on any atom is -0.370 e. The Hall–Kier alpha value is -2.64. The predicted octanol–water partition coefficient (Wildman–Crippen LogP) is 0.969. The molecule has 1 amide bonds. The Labute approximate surface area is 159 Å². The zero-order valence-corrected chi connectivity index (χ0v) is 16.5. The number of rotatable bonds is 6. The maximum Gasteiger partial charge on any atom is 0.269 e. The van der Waals surface area contributed by atoms with Gasteiger partial charge in [0.2, 0.25) is 0 Å². The van der Waals surface area contributed by atoms with Gasteiger partial charge in [0, 0.05) is 39.8 Å². The molecule has 27 heavy (non-hydrogen) atoms. The fraction of sp³-hybridized carbons (Fsp3) is 0.579. The van der Waals surface area contributed by atoms with Crippen molar-refractivity contribution in [3.63, 3.8) is 0 Å². The molecule has 2 aromatic heterocycles. The lowest BCUT2D eigenvalue weighted by molar-refractivity contribution is 0.0939. The van der Waals surface area contributed by atoms with Crippen molar-refractivity contribution >= 4 is 11.6 Å². The normalized spacial score (nSPS) is 16.9. The highest BCUT2D eigenvalue weighted by molar-refractivity contribution is 5.92. The number of hydrogen-bond donors (Lipinski definition) is 1. The summed E-state index contributed by atoms with van der Waals surface area (Å²) in [6.07, 6.45) is 3.55. The van der Waals surface area contributed by atoms with Gasteiger partial charge in [-0.1, -0.05) is 13.8 Å². The van der Waals surface area contributed by atoms with E-state index in [-0.39, 0.29) is 11.5 Å². The summed E-state index contributed by atoms with van der Waals surface area (Å²) in [5.74, 6) is 0.764. The first-order valence-electron chi connectivity index (χ1n) is 9.43. The van der Waals surface area contributed by atoms with E-state index in [1.54, 1.807) is 31.0 Å². The Morgan fingerprint density at radius 3 is 2.78 bits per heavy atom. The van der Waals surface area contributed by atoms with Gasteiger partial charge < -0.3 is 10.2 Å². The van der Waals surface area contributed by atoms with E-state index in [1.807, 2.05) is 6.07 Å². The molecule has 8 nitrogen and oxygen atoms in total. The topological polar surface area (TPSA) is 85.0 Å². The molecule has 1 N–H and O–H groups in total. The molecule has 2 aromatic rings. The predicted molar refractivity (Wildman–Crippen MR) is 104 cm³/mol. The van der Waals surface area contributed by atoms with Gasteiger partial charge in [0.1, 0.15) is 5.69 Å². The smallest absolute Gasteiger partial charge is 0.269 e. The van der Waals surface area contributed by atoms with E-state index in [0.29, 0.717) is 24.1 Å². The number of nitrogens with zero attached hydrogens (tertiary/aromatic N) is 5.